The summed E-state index contributed by atoms with van der Waals surface area (Å²) in [5.74, 6) is -0.264. The van der Waals surface area contributed by atoms with Crippen LogP contribution in [-0.4, -0.2) is 21.7 Å². The van der Waals surface area contributed by atoms with Crippen LogP contribution in [0.4, 0.5) is 5.69 Å². The summed E-state index contributed by atoms with van der Waals surface area (Å²) in [4.78, 5) is 14.2. The van der Waals surface area contributed by atoms with E-state index in [2.05, 4.69) is 20.4 Å². The van der Waals surface area contributed by atoms with Crippen LogP contribution in [0.25, 0.3) is 10.4 Å². The Hall–Kier alpha value is -2.01. The van der Waals surface area contributed by atoms with E-state index in [0.29, 0.717) is 18.5 Å². The first-order valence-electron chi connectivity index (χ1n) is 4.58. The molecule has 0 saturated carbocycles. The molecule has 0 aromatic carbocycles. The zero-order chi connectivity index (χ0) is 10.8. The second-order valence-corrected chi connectivity index (χ2v) is 3.41. The number of nitrogens with one attached hydrogen (secondary N) is 1. The molecule has 1 unspecified atom stereocenters. The number of aryl methyl sites for hydroxylation is 2. The summed E-state index contributed by atoms with van der Waals surface area (Å²) in [5, 5.41) is 10.3. The van der Waals surface area contributed by atoms with E-state index >= 15 is 0 Å². The highest BCUT2D eigenvalue weighted by Crippen LogP contribution is 2.21. The summed E-state index contributed by atoms with van der Waals surface area (Å²) in [6.45, 7) is 0. The van der Waals surface area contributed by atoms with E-state index in [1.807, 2.05) is 0 Å². The molecule has 2 rings (SSSR count). The van der Waals surface area contributed by atoms with Gasteiger partial charge in [-0.25, -0.2) is 0 Å². The quantitative estimate of drug-likeness (QED) is 0.421. The van der Waals surface area contributed by atoms with E-state index in [4.69, 9.17) is 5.53 Å². The monoisotopic (exact) mass is 206 g/mol. The van der Waals surface area contributed by atoms with Crippen molar-refractivity contribution in [2.45, 2.75) is 18.9 Å². The molecule has 78 valence electrons. The molecule has 0 fully saturated rings. The highest BCUT2D eigenvalue weighted by Gasteiger charge is 2.24. The highest BCUT2D eigenvalue weighted by atomic mass is 16.2. The van der Waals surface area contributed by atoms with E-state index in [1.54, 1.807) is 17.9 Å². The van der Waals surface area contributed by atoms with Crippen LogP contribution >= 0.6 is 0 Å². The first-order valence-corrected chi connectivity index (χ1v) is 4.58. The third kappa shape index (κ3) is 1.77. The molecular formula is C8H10N6O. The van der Waals surface area contributed by atoms with Gasteiger partial charge in [-0.2, -0.15) is 5.10 Å². The molecule has 0 spiro atoms. The Labute approximate surface area is 85.7 Å². The number of anilines is 1. The van der Waals surface area contributed by atoms with Crippen molar-refractivity contribution in [2.75, 3.05) is 5.32 Å². The number of nitrogens with zero attached hydrogens (tertiary/aromatic N) is 5. The van der Waals surface area contributed by atoms with Gasteiger partial charge in [0.05, 0.1) is 11.4 Å². The van der Waals surface area contributed by atoms with Crippen molar-refractivity contribution >= 4 is 11.6 Å². The molecular weight excluding hydrogens is 196 g/mol. The van der Waals surface area contributed by atoms with Gasteiger partial charge in [0.1, 0.15) is 6.04 Å². The molecule has 0 saturated heterocycles. The predicted octanol–water partition coefficient (Wildman–Crippen LogP) is 0.984. The lowest BCUT2D eigenvalue weighted by molar-refractivity contribution is -0.117. The van der Waals surface area contributed by atoms with Gasteiger partial charge in [0, 0.05) is 18.2 Å². The number of amides is 1. The molecule has 1 aliphatic heterocycles. The summed E-state index contributed by atoms with van der Waals surface area (Å²) in [7, 11) is 1.80. The minimum atomic E-state index is -0.630. The summed E-state index contributed by atoms with van der Waals surface area (Å²) in [5.41, 5.74) is 9.84. The van der Waals surface area contributed by atoms with Gasteiger partial charge >= 0.3 is 0 Å². The van der Waals surface area contributed by atoms with Crippen molar-refractivity contribution in [2.24, 2.45) is 12.2 Å². The number of rotatable bonds is 1. The van der Waals surface area contributed by atoms with Crippen LogP contribution < -0.4 is 5.32 Å². The van der Waals surface area contributed by atoms with Gasteiger partial charge in [-0.3, -0.25) is 9.48 Å². The topological polar surface area (TPSA) is 95.7 Å². The van der Waals surface area contributed by atoms with E-state index in [1.165, 1.54) is 0 Å². The number of hydrogen-bond acceptors (Lipinski definition) is 3. The molecule has 1 aliphatic rings. The fourth-order valence-electron chi connectivity index (χ4n) is 1.62. The SMILES string of the molecule is Cn1cc2c(n1)CCC(N=[N+]=[N-])C(=O)N2. The molecule has 0 radical (unpaired) electrons. The smallest absolute Gasteiger partial charge is 0.233 e. The Morgan fingerprint density at radius 3 is 3.33 bits per heavy atom. The van der Waals surface area contributed by atoms with Gasteiger partial charge in [-0.05, 0) is 18.4 Å². The zero-order valence-electron chi connectivity index (χ0n) is 8.21. The van der Waals surface area contributed by atoms with Crippen LogP contribution in [0.3, 0.4) is 0 Å². The summed E-state index contributed by atoms with van der Waals surface area (Å²) in [6, 6.07) is -0.630. The standard InChI is InChI=1S/C8H10N6O/c1-14-4-7-5(12-14)2-3-6(11-13-9)8(15)10-7/h4,6H,2-3H2,1H3,(H,10,15). The van der Waals surface area contributed by atoms with Crippen molar-refractivity contribution < 1.29 is 4.79 Å². The Balaban J connectivity index is 2.28. The molecule has 0 aliphatic carbocycles. The second kappa shape index (κ2) is 3.62. The Morgan fingerprint density at radius 2 is 2.60 bits per heavy atom. The lowest BCUT2D eigenvalue weighted by atomic mass is 10.1. The fourth-order valence-corrected chi connectivity index (χ4v) is 1.62. The van der Waals surface area contributed by atoms with Crippen molar-refractivity contribution in [3.05, 3.63) is 22.3 Å². The van der Waals surface area contributed by atoms with Crippen molar-refractivity contribution in [3.63, 3.8) is 0 Å². The maximum absolute atomic E-state index is 11.6. The van der Waals surface area contributed by atoms with E-state index < -0.39 is 6.04 Å². The maximum Gasteiger partial charge on any atom is 0.233 e. The zero-order valence-corrected chi connectivity index (χ0v) is 8.21. The van der Waals surface area contributed by atoms with Gasteiger partial charge in [0.2, 0.25) is 5.91 Å². The highest BCUT2D eigenvalue weighted by molar-refractivity contribution is 5.96. The Kier molecular flexibility index (Phi) is 2.31. The lowest BCUT2D eigenvalue weighted by Crippen LogP contribution is -2.24. The molecule has 7 heteroatoms. The van der Waals surface area contributed by atoms with Crippen LogP contribution in [0.5, 0.6) is 0 Å². The van der Waals surface area contributed by atoms with Gasteiger partial charge < -0.3 is 5.32 Å². The van der Waals surface area contributed by atoms with E-state index in [9.17, 15) is 4.79 Å². The summed E-state index contributed by atoms with van der Waals surface area (Å²) in [6.07, 6.45) is 2.88. The Morgan fingerprint density at radius 1 is 1.80 bits per heavy atom. The minimum absolute atomic E-state index is 0.264. The fraction of sp³-hybridized carbons (Fsp3) is 0.500. The molecule has 1 aromatic rings. The van der Waals surface area contributed by atoms with Crippen LogP contribution in [0, 0.1) is 0 Å². The molecule has 2 heterocycles. The normalized spacial score (nSPS) is 19.8. The Bertz CT molecular complexity index is 444. The first-order chi connectivity index (χ1) is 7.20. The number of carbonyl (C=O) groups excluding carboxylic acids is 1. The molecule has 1 amide bonds. The minimum Gasteiger partial charge on any atom is -0.323 e. The largest absolute Gasteiger partial charge is 0.323 e. The number of hydrogen-bond donors (Lipinski definition) is 1. The molecule has 1 atom stereocenters. The predicted molar refractivity (Wildman–Crippen MR) is 53.1 cm³/mol. The molecule has 15 heavy (non-hydrogen) atoms. The van der Waals surface area contributed by atoms with E-state index in [-0.39, 0.29) is 5.91 Å². The number of carbonyl (C=O) groups is 1. The van der Waals surface area contributed by atoms with Crippen LogP contribution in [0.1, 0.15) is 12.1 Å². The van der Waals surface area contributed by atoms with Crippen LogP contribution in [0.2, 0.25) is 0 Å². The van der Waals surface area contributed by atoms with Crippen molar-refractivity contribution in [1.29, 1.82) is 0 Å². The molecule has 7 nitrogen and oxygen atoms in total. The lowest BCUT2D eigenvalue weighted by Gasteiger charge is -2.04. The van der Waals surface area contributed by atoms with Gasteiger partial charge in [-0.15, -0.1) is 0 Å². The molecule has 0 bridgehead atoms. The van der Waals surface area contributed by atoms with Crippen molar-refractivity contribution in [3.8, 4) is 0 Å². The second-order valence-electron chi connectivity index (χ2n) is 3.41. The maximum atomic E-state index is 11.6. The average molecular weight is 206 g/mol. The summed E-state index contributed by atoms with van der Waals surface area (Å²) >= 11 is 0. The first kappa shape index (κ1) is 9.54. The number of aromatic nitrogens is 2. The van der Waals surface area contributed by atoms with Crippen LogP contribution in [0.15, 0.2) is 11.3 Å². The third-order valence-electron chi connectivity index (χ3n) is 2.31. The number of fused-ring (bicyclic) bond motifs is 1. The third-order valence-corrected chi connectivity index (χ3v) is 2.31. The van der Waals surface area contributed by atoms with E-state index in [0.717, 1.165) is 5.69 Å². The van der Waals surface area contributed by atoms with Crippen LogP contribution in [-0.2, 0) is 18.3 Å². The molecule has 1 aromatic heterocycles. The van der Waals surface area contributed by atoms with Gasteiger partial charge in [-0.1, -0.05) is 5.11 Å². The summed E-state index contributed by atoms with van der Waals surface area (Å²) < 4.78 is 1.65. The van der Waals surface area contributed by atoms with Crippen molar-refractivity contribution in [1.82, 2.24) is 9.78 Å². The van der Waals surface area contributed by atoms with Gasteiger partial charge in [0.25, 0.3) is 0 Å². The average Bonchev–Trinajstić information content (AvgIpc) is 2.46. The molecule has 1 N–H and O–H groups in total. The number of azide groups is 1. The van der Waals surface area contributed by atoms with Gasteiger partial charge in [0.15, 0.2) is 0 Å².